The zero-order valence-corrected chi connectivity index (χ0v) is 15.4. The smallest absolute Gasteiger partial charge is 0.272 e. The van der Waals surface area contributed by atoms with Crippen molar-refractivity contribution in [3.63, 3.8) is 0 Å². The number of thiazole rings is 1. The number of hydrogen-bond acceptors (Lipinski definition) is 5. The van der Waals surface area contributed by atoms with Crippen molar-refractivity contribution in [3.05, 3.63) is 75.1 Å². The molecule has 1 aromatic heterocycles. The number of benzene rings is 2. The van der Waals surface area contributed by atoms with E-state index in [1.54, 1.807) is 19.3 Å². The SMILES string of the molecule is COCCn1c(=NC(=O)C=Cc2ccccc2)sc2cc([N+](=O)[O-])ccc21. The van der Waals surface area contributed by atoms with Gasteiger partial charge in [-0.15, -0.1) is 0 Å². The van der Waals surface area contributed by atoms with E-state index >= 15 is 0 Å². The number of amides is 1. The number of methoxy groups -OCH3 is 1. The van der Waals surface area contributed by atoms with Gasteiger partial charge in [0, 0.05) is 31.9 Å². The van der Waals surface area contributed by atoms with Crippen molar-refractivity contribution < 1.29 is 14.5 Å². The first-order chi connectivity index (χ1) is 13.1. The van der Waals surface area contributed by atoms with Gasteiger partial charge < -0.3 is 9.30 Å². The highest BCUT2D eigenvalue weighted by atomic mass is 32.1. The Labute approximate surface area is 159 Å². The number of nitro benzene ring substituents is 1. The standard InChI is InChI=1S/C19H17N3O4S/c1-26-12-11-21-16-9-8-15(22(24)25)13-17(16)27-19(21)20-18(23)10-7-14-5-3-2-4-6-14/h2-10,13H,11-12H2,1H3. The van der Waals surface area contributed by atoms with Gasteiger partial charge >= 0.3 is 0 Å². The minimum absolute atomic E-state index is 0.00416. The number of hydrogen-bond donors (Lipinski definition) is 0. The average Bonchev–Trinajstić information content (AvgIpc) is 3.01. The summed E-state index contributed by atoms with van der Waals surface area (Å²) < 4.78 is 7.65. The van der Waals surface area contributed by atoms with Crippen molar-refractivity contribution in [1.82, 2.24) is 4.57 Å². The number of carbonyl (C=O) groups is 1. The predicted molar refractivity (Wildman–Crippen MR) is 104 cm³/mol. The lowest BCUT2D eigenvalue weighted by Gasteiger charge is -2.03. The molecule has 3 aromatic rings. The van der Waals surface area contributed by atoms with E-state index in [-0.39, 0.29) is 5.69 Å². The minimum atomic E-state index is -0.441. The van der Waals surface area contributed by atoms with Crippen LogP contribution in [-0.2, 0) is 16.1 Å². The Hall–Kier alpha value is -3.10. The fraction of sp³-hybridized carbons (Fsp3) is 0.158. The lowest BCUT2D eigenvalue weighted by Crippen LogP contribution is -2.18. The summed E-state index contributed by atoms with van der Waals surface area (Å²) in [5.74, 6) is -0.397. The molecule has 0 bridgehead atoms. The maximum Gasteiger partial charge on any atom is 0.272 e. The monoisotopic (exact) mass is 383 g/mol. The van der Waals surface area contributed by atoms with E-state index in [1.807, 2.05) is 34.9 Å². The van der Waals surface area contributed by atoms with Gasteiger partial charge in [-0.05, 0) is 17.7 Å². The second-order valence-electron chi connectivity index (χ2n) is 5.63. The number of nitrogens with zero attached hydrogens (tertiary/aromatic N) is 3. The molecular weight excluding hydrogens is 366 g/mol. The second-order valence-corrected chi connectivity index (χ2v) is 6.64. The van der Waals surface area contributed by atoms with Crippen LogP contribution in [-0.4, -0.2) is 29.1 Å². The Balaban J connectivity index is 2.00. The Morgan fingerprint density at radius 3 is 2.78 bits per heavy atom. The maximum absolute atomic E-state index is 12.3. The molecule has 0 radical (unpaired) electrons. The van der Waals surface area contributed by atoms with E-state index in [4.69, 9.17) is 4.74 Å². The molecule has 27 heavy (non-hydrogen) atoms. The topological polar surface area (TPSA) is 86.7 Å². The Bertz CT molecular complexity index is 1070. The second kappa shape index (κ2) is 8.52. The third-order valence-electron chi connectivity index (χ3n) is 3.82. The molecule has 0 fully saturated rings. The van der Waals surface area contributed by atoms with Gasteiger partial charge in [0.15, 0.2) is 4.80 Å². The van der Waals surface area contributed by atoms with Crippen molar-refractivity contribution in [1.29, 1.82) is 0 Å². The van der Waals surface area contributed by atoms with Crippen LogP contribution in [0.15, 0.2) is 59.6 Å². The van der Waals surface area contributed by atoms with E-state index in [2.05, 4.69) is 4.99 Å². The summed E-state index contributed by atoms with van der Waals surface area (Å²) >= 11 is 1.24. The molecule has 0 N–H and O–H groups in total. The highest BCUT2D eigenvalue weighted by Gasteiger charge is 2.12. The highest BCUT2D eigenvalue weighted by Crippen LogP contribution is 2.23. The van der Waals surface area contributed by atoms with E-state index in [1.165, 1.54) is 29.5 Å². The first-order valence-corrected chi connectivity index (χ1v) is 8.98. The molecule has 1 amide bonds. The summed E-state index contributed by atoms with van der Waals surface area (Å²) in [7, 11) is 1.59. The van der Waals surface area contributed by atoms with E-state index in [0.29, 0.717) is 22.7 Å². The fourth-order valence-electron chi connectivity index (χ4n) is 2.52. The Morgan fingerprint density at radius 2 is 2.07 bits per heavy atom. The number of carbonyl (C=O) groups excluding carboxylic acids is 1. The van der Waals surface area contributed by atoms with Crippen molar-refractivity contribution >= 4 is 39.2 Å². The molecule has 0 aliphatic rings. The van der Waals surface area contributed by atoms with E-state index < -0.39 is 10.8 Å². The summed E-state index contributed by atoms with van der Waals surface area (Å²) in [6.07, 6.45) is 3.10. The van der Waals surface area contributed by atoms with Crippen molar-refractivity contribution in [2.24, 2.45) is 4.99 Å². The summed E-state index contributed by atoms with van der Waals surface area (Å²) in [5, 5.41) is 11.0. The number of nitro groups is 1. The zero-order chi connectivity index (χ0) is 19.2. The number of aromatic nitrogens is 1. The Kier molecular flexibility index (Phi) is 5.90. The average molecular weight is 383 g/mol. The van der Waals surface area contributed by atoms with E-state index in [9.17, 15) is 14.9 Å². The molecular formula is C19H17N3O4S. The van der Waals surface area contributed by atoms with Gasteiger partial charge in [0.1, 0.15) is 0 Å². The molecule has 0 atom stereocenters. The van der Waals surface area contributed by atoms with Crippen molar-refractivity contribution in [2.75, 3.05) is 13.7 Å². The number of fused-ring (bicyclic) bond motifs is 1. The zero-order valence-electron chi connectivity index (χ0n) is 14.6. The normalized spacial score (nSPS) is 12.1. The largest absolute Gasteiger partial charge is 0.383 e. The van der Waals surface area contributed by atoms with Crippen LogP contribution in [0.2, 0.25) is 0 Å². The van der Waals surface area contributed by atoms with Gasteiger partial charge in [-0.25, -0.2) is 0 Å². The van der Waals surface area contributed by atoms with Crippen LogP contribution in [0.3, 0.4) is 0 Å². The molecule has 1 heterocycles. The molecule has 0 spiro atoms. The van der Waals surface area contributed by atoms with Crippen LogP contribution in [0.4, 0.5) is 5.69 Å². The lowest BCUT2D eigenvalue weighted by molar-refractivity contribution is -0.384. The summed E-state index contributed by atoms with van der Waals surface area (Å²) in [5.41, 5.74) is 1.69. The van der Waals surface area contributed by atoms with Gasteiger partial charge in [-0.3, -0.25) is 14.9 Å². The van der Waals surface area contributed by atoms with Crippen molar-refractivity contribution in [2.45, 2.75) is 6.54 Å². The maximum atomic E-state index is 12.3. The van der Waals surface area contributed by atoms with Crippen LogP contribution >= 0.6 is 11.3 Å². The van der Waals surface area contributed by atoms with Gasteiger partial charge in [0.05, 0.1) is 21.7 Å². The van der Waals surface area contributed by atoms with Crippen LogP contribution in [0.25, 0.3) is 16.3 Å². The fourth-order valence-corrected chi connectivity index (χ4v) is 3.62. The number of non-ortho nitro benzene ring substituents is 1. The first kappa shape index (κ1) is 18.7. The Morgan fingerprint density at radius 1 is 1.30 bits per heavy atom. The molecule has 7 nitrogen and oxygen atoms in total. The molecule has 0 aliphatic heterocycles. The summed E-state index contributed by atoms with van der Waals surface area (Å²) in [6, 6.07) is 14.1. The number of rotatable bonds is 6. The highest BCUT2D eigenvalue weighted by molar-refractivity contribution is 7.16. The lowest BCUT2D eigenvalue weighted by atomic mass is 10.2. The van der Waals surface area contributed by atoms with Crippen LogP contribution in [0.1, 0.15) is 5.56 Å². The summed E-state index contributed by atoms with van der Waals surface area (Å²) in [4.78, 5) is 27.5. The minimum Gasteiger partial charge on any atom is -0.383 e. The molecule has 138 valence electrons. The van der Waals surface area contributed by atoms with Crippen LogP contribution < -0.4 is 4.80 Å². The number of ether oxygens (including phenoxy) is 1. The first-order valence-electron chi connectivity index (χ1n) is 8.17. The molecule has 8 heteroatoms. The molecule has 0 unspecified atom stereocenters. The van der Waals surface area contributed by atoms with Gasteiger partial charge in [0.25, 0.3) is 11.6 Å². The molecule has 2 aromatic carbocycles. The van der Waals surface area contributed by atoms with E-state index in [0.717, 1.165) is 11.1 Å². The molecule has 0 saturated heterocycles. The third-order valence-corrected chi connectivity index (χ3v) is 4.86. The molecule has 3 rings (SSSR count). The van der Waals surface area contributed by atoms with Gasteiger partial charge in [-0.2, -0.15) is 4.99 Å². The molecule has 0 saturated carbocycles. The molecule has 0 aliphatic carbocycles. The predicted octanol–water partition coefficient (Wildman–Crippen LogP) is 3.40. The van der Waals surface area contributed by atoms with Crippen LogP contribution in [0, 0.1) is 10.1 Å². The van der Waals surface area contributed by atoms with Crippen LogP contribution in [0.5, 0.6) is 0 Å². The van der Waals surface area contributed by atoms with Gasteiger partial charge in [0.2, 0.25) is 0 Å². The summed E-state index contributed by atoms with van der Waals surface area (Å²) in [6.45, 7) is 0.923. The third kappa shape index (κ3) is 4.55. The van der Waals surface area contributed by atoms with Crippen molar-refractivity contribution in [3.8, 4) is 0 Å². The van der Waals surface area contributed by atoms with Gasteiger partial charge in [-0.1, -0.05) is 41.7 Å². The quantitative estimate of drug-likeness (QED) is 0.371.